The van der Waals surface area contributed by atoms with E-state index in [4.69, 9.17) is 9.84 Å². The average Bonchev–Trinajstić information content (AvgIpc) is 3.50. The van der Waals surface area contributed by atoms with E-state index >= 15 is 0 Å². The zero-order valence-corrected chi connectivity index (χ0v) is 22.1. The van der Waals surface area contributed by atoms with Crippen LogP contribution in [-0.2, 0) is 22.6 Å². The number of anilines is 3. The molecule has 5 rings (SSSR count). The molecule has 39 heavy (non-hydrogen) atoms. The van der Waals surface area contributed by atoms with Crippen molar-refractivity contribution in [2.45, 2.75) is 39.5 Å². The predicted octanol–water partition coefficient (Wildman–Crippen LogP) is 2.39. The lowest BCUT2D eigenvalue weighted by Crippen LogP contribution is -2.53. The highest BCUT2D eigenvalue weighted by atomic mass is 16.6. The highest BCUT2D eigenvalue weighted by Crippen LogP contribution is 2.22. The van der Waals surface area contributed by atoms with Crippen molar-refractivity contribution < 1.29 is 19.4 Å². The summed E-state index contributed by atoms with van der Waals surface area (Å²) < 4.78 is 8.81. The Kier molecular flexibility index (Phi) is 7.15. The summed E-state index contributed by atoms with van der Waals surface area (Å²) in [6, 6.07) is 7.70. The minimum absolute atomic E-state index is 0.000408. The van der Waals surface area contributed by atoms with Gasteiger partial charge in [0.05, 0.1) is 43.2 Å². The molecule has 1 aliphatic rings. The van der Waals surface area contributed by atoms with Crippen molar-refractivity contribution in [2.75, 3.05) is 36.5 Å². The van der Waals surface area contributed by atoms with Gasteiger partial charge in [0.2, 0.25) is 11.9 Å². The molecule has 0 saturated carbocycles. The molecule has 3 aromatic heterocycles. The molecule has 1 saturated heterocycles. The van der Waals surface area contributed by atoms with Crippen LogP contribution in [0.3, 0.4) is 0 Å². The van der Waals surface area contributed by atoms with Crippen LogP contribution in [0.15, 0.2) is 49.1 Å². The average molecular weight is 534 g/mol. The number of nitrogens with zero attached hydrogens (tertiary/aromatic N) is 8. The highest BCUT2D eigenvalue weighted by molar-refractivity contribution is 5.97. The molecule has 204 valence electrons. The zero-order valence-electron chi connectivity index (χ0n) is 22.1. The van der Waals surface area contributed by atoms with Crippen molar-refractivity contribution in [3.63, 3.8) is 0 Å². The molecular weight excluding hydrogens is 502 g/mol. The summed E-state index contributed by atoms with van der Waals surface area (Å²) in [7, 11) is 0. The Morgan fingerprint density at radius 1 is 1.15 bits per heavy atom. The summed E-state index contributed by atoms with van der Waals surface area (Å²) in [5.41, 5.74) is 2.45. The topological polar surface area (TPSA) is 144 Å². The molecule has 1 aliphatic heterocycles. The van der Waals surface area contributed by atoms with Gasteiger partial charge >= 0.3 is 6.09 Å². The van der Waals surface area contributed by atoms with Gasteiger partial charge in [0.1, 0.15) is 12.1 Å². The van der Waals surface area contributed by atoms with Crippen LogP contribution in [0.25, 0.3) is 11.0 Å². The summed E-state index contributed by atoms with van der Waals surface area (Å²) in [5.74, 6) is 0.231. The number of aliphatic hydroxyl groups excluding tert-OH is 1. The number of benzene rings is 1. The molecule has 0 bridgehead atoms. The van der Waals surface area contributed by atoms with Crippen molar-refractivity contribution in [1.82, 2.24) is 34.4 Å². The van der Waals surface area contributed by atoms with Crippen LogP contribution < -0.4 is 10.2 Å². The molecule has 1 fully saturated rings. The SMILES string of the molecule is CC(C)(C)OC(=O)N1CCN(c2cccc(Cn3ncc4cnc(Nc5cnn(CCO)c5)nc43)c2)C(=O)C1. The molecule has 2 N–H and O–H groups in total. The van der Waals surface area contributed by atoms with Crippen LogP contribution >= 0.6 is 0 Å². The van der Waals surface area contributed by atoms with Crippen LogP contribution in [0.1, 0.15) is 26.3 Å². The molecule has 0 aliphatic carbocycles. The number of piperazine rings is 1. The minimum Gasteiger partial charge on any atom is -0.444 e. The van der Waals surface area contributed by atoms with Crippen molar-refractivity contribution in [2.24, 2.45) is 0 Å². The zero-order chi connectivity index (χ0) is 27.6. The number of hydrogen-bond acceptors (Lipinski definition) is 9. The number of nitrogens with one attached hydrogen (secondary N) is 1. The van der Waals surface area contributed by atoms with E-state index in [1.54, 1.807) is 59.8 Å². The molecule has 4 aromatic rings. The first-order valence-corrected chi connectivity index (χ1v) is 12.6. The van der Waals surface area contributed by atoms with E-state index in [0.29, 0.717) is 43.5 Å². The van der Waals surface area contributed by atoms with E-state index in [-0.39, 0.29) is 19.1 Å². The van der Waals surface area contributed by atoms with Crippen LogP contribution in [0.4, 0.5) is 22.1 Å². The molecular formula is C26H31N9O4. The Morgan fingerprint density at radius 2 is 2.00 bits per heavy atom. The van der Waals surface area contributed by atoms with E-state index < -0.39 is 11.7 Å². The third-order valence-corrected chi connectivity index (χ3v) is 6.02. The first kappa shape index (κ1) is 26.1. The third kappa shape index (κ3) is 6.14. The smallest absolute Gasteiger partial charge is 0.410 e. The van der Waals surface area contributed by atoms with Gasteiger partial charge in [0.25, 0.3) is 0 Å². The van der Waals surface area contributed by atoms with E-state index in [9.17, 15) is 9.59 Å². The first-order valence-electron chi connectivity index (χ1n) is 12.6. The molecule has 4 heterocycles. The molecule has 0 radical (unpaired) electrons. The second-order valence-corrected chi connectivity index (χ2v) is 10.2. The van der Waals surface area contributed by atoms with Gasteiger partial charge in [0.15, 0.2) is 5.65 Å². The highest BCUT2D eigenvalue weighted by Gasteiger charge is 2.31. The van der Waals surface area contributed by atoms with Gasteiger partial charge in [-0.05, 0) is 38.5 Å². The lowest BCUT2D eigenvalue weighted by molar-refractivity contribution is -0.121. The Hall–Kier alpha value is -4.52. The van der Waals surface area contributed by atoms with Gasteiger partial charge < -0.3 is 20.1 Å². The third-order valence-electron chi connectivity index (χ3n) is 6.02. The normalized spacial score (nSPS) is 14.2. The van der Waals surface area contributed by atoms with E-state index in [0.717, 1.165) is 16.6 Å². The molecule has 13 nitrogen and oxygen atoms in total. The molecule has 0 unspecified atom stereocenters. The number of rotatable bonds is 7. The molecule has 0 spiro atoms. The maximum atomic E-state index is 12.9. The lowest BCUT2D eigenvalue weighted by Gasteiger charge is -2.35. The Balaban J connectivity index is 1.28. The van der Waals surface area contributed by atoms with Gasteiger partial charge in [0, 0.05) is 31.2 Å². The lowest BCUT2D eigenvalue weighted by atomic mass is 10.1. The molecule has 13 heteroatoms. The summed E-state index contributed by atoms with van der Waals surface area (Å²) >= 11 is 0. The maximum Gasteiger partial charge on any atom is 0.410 e. The Morgan fingerprint density at radius 3 is 2.77 bits per heavy atom. The second-order valence-electron chi connectivity index (χ2n) is 10.2. The maximum absolute atomic E-state index is 12.9. The van der Waals surface area contributed by atoms with Crippen LogP contribution in [0.2, 0.25) is 0 Å². The fourth-order valence-corrected chi connectivity index (χ4v) is 4.25. The second kappa shape index (κ2) is 10.7. The molecule has 1 aromatic carbocycles. The van der Waals surface area contributed by atoms with Gasteiger partial charge in [-0.1, -0.05) is 12.1 Å². The fourth-order valence-electron chi connectivity index (χ4n) is 4.25. The summed E-state index contributed by atoms with van der Waals surface area (Å²) in [6.07, 6.45) is 6.33. The largest absolute Gasteiger partial charge is 0.444 e. The van der Waals surface area contributed by atoms with Crippen molar-refractivity contribution in [1.29, 1.82) is 0 Å². The number of fused-ring (bicyclic) bond motifs is 1. The number of carbonyl (C=O) groups is 2. The van der Waals surface area contributed by atoms with E-state index in [1.165, 1.54) is 4.90 Å². The van der Waals surface area contributed by atoms with Crippen LogP contribution in [0.5, 0.6) is 0 Å². The van der Waals surface area contributed by atoms with Crippen molar-refractivity contribution in [3.8, 4) is 0 Å². The fraction of sp³-hybridized carbons (Fsp3) is 0.385. The Bertz CT molecular complexity index is 1490. The van der Waals surface area contributed by atoms with Gasteiger partial charge in [-0.2, -0.15) is 15.2 Å². The first-order chi connectivity index (χ1) is 18.7. The molecule has 2 amide bonds. The molecule has 0 atom stereocenters. The summed E-state index contributed by atoms with van der Waals surface area (Å²) in [5, 5.41) is 21.7. The monoisotopic (exact) mass is 533 g/mol. The van der Waals surface area contributed by atoms with Gasteiger partial charge in [-0.3, -0.25) is 14.4 Å². The number of amides is 2. The number of ether oxygens (including phenoxy) is 1. The predicted molar refractivity (Wildman–Crippen MR) is 144 cm³/mol. The number of aromatic nitrogens is 6. The number of aliphatic hydroxyl groups is 1. The summed E-state index contributed by atoms with van der Waals surface area (Å²) in [6.45, 7) is 6.98. The Labute approximate surface area is 225 Å². The standard InChI is InChI=1S/C26H31N9O4/c1-26(2,3)39-25(38)32-7-8-34(22(37)17-32)21-6-4-5-18(11-21)15-35-23-19(13-29-35)12-27-24(31-23)30-20-14-28-33(16-20)9-10-36/h4-6,11-14,16,36H,7-10,15,17H2,1-3H3,(H,27,30,31). The van der Waals surface area contributed by atoms with E-state index in [1.807, 2.05) is 24.3 Å². The van der Waals surface area contributed by atoms with Gasteiger partial charge in [-0.25, -0.2) is 14.5 Å². The van der Waals surface area contributed by atoms with Crippen LogP contribution in [-0.4, -0.2) is 83.4 Å². The minimum atomic E-state index is -0.617. The van der Waals surface area contributed by atoms with Gasteiger partial charge in [-0.15, -0.1) is 0 Å². The quantitative estimate of drug-likeness (QED) is 0.366. The number of hydrogen-bond donors (Lipinski definition) is 2. The number of carbonyl (C=O) groups excluding carboxylic acids is 2. The van der Waals surface area contributed by atoms with Crippen LogP contribution in [0, 0.1) is 0 Å². The van der Waals surface area contributed by atoms with E-state index in [2.05, 4.69) is 25.5 Å². The van der Waals surface area contributed by atoms with Crippen molar-refractivity contribution in [3.05, 3.63) is 54.6 Å². The van der Waals surface area contributed by atoms with Crippen molar-refractivity contribution >= 4 is 40.4 Å². The summed E-state index contributed by atoms with van der Waals surface area (Å²) in [4.78, 5) is 37.4.